The number of hydrogen-bond acceptors (Lipinski definition) is 3. The van der Waals surface area contributed by atoms with Crippen LogP contribution < -0.4 is 5.32 Å². The van der Waals surface area contributed by atoms with Crippen LogP contribution in [0.15, 0.2) is 42.7 Å². The number of pyridine rings is 1. The van der Waals surface area contributed by atoms with Crippen molar-refractivity contribution in [2.24, 2.45) is 5.92 Å². The molecule has 24 heavy (non-hydrogen) atoms. The number of nitrogens with zero attached hydrogens (tertiary/aromatic N) is 1. The molecule has 2 heterocycles. The zero-order valence-corrected chi connectivity index (χ0v) is 14.3. The lowest BCUT2D eigenvalue weighted by atomic mass is 9.87. The van der Waals surface area contributed by atoms with Crippen LogP contribution in [0.1, 0.15) is 45.9 Å². The Labute approximate surface area is 143 Å². The molecule has 1 saturated heterocycles. The second-order valence-corrected chi connectivity index (χ2v) is 6.56. The molecule has 1 amide bonds. The van der Waals surface area contributed by atoms with Gasteiger partial charge in [-0.25, -0.2) is 0 Å². The van der Waals surface area contributed by atoms with Crippen molar-refractivity contribution >= 4 is 5.91 Å². The van der Waals surface area contributed by atoms with Gasteiger partial charge in [0.25, 0.3) is 5.91 Å². The third-order valence-electron chi connectivity index (χ3n) is 4.55. The highest BCUT2D eigenvalue weighted by Gasteiger charge is 2.27. The van der Waals surface area contributed by atoms with Gasteiger partial charge in [-0.3, -0.25) is 9.78 Å². The Morgan fingerprint density at radius 3 is 2.54 bits per heavy atom. The van der Waals surface area contributed by atoms with Crippen molar-refractivity contribution in [1.82, 2.24) is 10.3 Å². The highest BCUT2D eigenvalue weighted by atomic mass is 16.5. The number of hydrogen-bond donors (Lipinski definition) is 1. The average molecular weight is 324 g/mol. The summed E-state index contributed by atoms with van der Waals surface area (Å²) in [7, 11) is 0. The molecule has 4 heteroatoms. The van der Waals surface area contributed by atoms with E-state index < -0.39 is 0 Å². The largest absolute Gasteiger partial charge is 0.381 e. The van der Waals surface area contributed by atoms with Gasteiger partial charge >= 0.3 is 0 Å². The maximum Gasteiger partial charge on any atom is 0.251 e. The summed E-state index contributed by atoms with van der Waals surface area (Å²) in [6.45, 7) is 5.53. The van der Waals surface area contributed by atoms with Crippen molar-refractivity contribution in [3.63, 3.8) is 0 Å². The van der Waals surface area contributed by atoms with Crippen LogP contribution in [0.4, 0.5) is 0 Å². The predicted octanol–water partition coefficient (Wildman–Crippen LogP) is 3.60. The van der Waals surface area contributed by atoms with Gasteiger partial charge < -0.3 is 10.1 Å². The Balaban J connectivity index is 1.84. The van der Waals surface area contributed by atoms with Gasteiger partial charge in [-0.05, 0) is 56.4 Å². The molecule has 4 nitrogen and oxygen atoms in total. The second kappa shape index (κ2) is 7.58. The first-order chi connectivity index (χ1) is 11.6. The minimum atomic E-state index is -0.0316. The van der Waals surface area contributed by atoms with Crippen LogP contribution in [0.2, 0.25) is 0 Å². The fraction of sp³-hybridized carbons (Fsp3) is 0.400. The highest BCUT2D eigenvalue weighted by Crippen LogP contribution is 2.30. The first-order valence-corrected chi connectivity index (χ1v) is 8.50. The Bertz CT molecular complexity index is 674. The average Bonchev–Trinajstić information content (AvgIpc) is 2.60. The predicted molar refractivity (Wildman–Crippen MR) is 93.9 cm³/mol. The Morgan fingerprint density at radius 1 is 1.21 bits per heavy atom. The maximum absolute atomic E-state index is 12.8. The summed E-state index contributed by atoms with van der Waals surface area (Å²) in [5.41, 5.74) is 3.98. The molecule has 126 valence electrons. The number of amides is 1. The topological polar surface area (TPSA) is 51.2 Å². The summed E-state index contributed by atoms with van der Waals surface area (Å²) < 4.78 is 5.48. The molecule has 1 aliphatic rings. The summed E-state index contributed by atoms with van der Waals surface area (Å²) in [6, 6.07) is 9.88. The van der Waals surface area contributed by atoms with Gasteiger partial charge in [0, 0.05) is 31.2 Å². The van der Waals surface area contributed by atoms with Crippen molar-refractivity contribution < 1.29 is 9.53 Å². The molecule has 1 fully saturated rings. The molecule has 2 aromatic rings. The molecule has 0 radical (unpaired) electrons. The van der Waals surface area contributed by atoms with Gasteiger partial charge in [0.15, 0.2) is 0 Å². The van der Waals surface area contributed by atoms with Gasteiger partial charge in [-0.1, -0.05) is 23.3 Å². The lowest BCUT2D eigenvalue weighted by Gasteiger charge is -2.31. The van der Waals surface area contributed by atoms with E-state index in [1.54, 1.807) is 6.20 Å². The van der Waals surface area contributed by atoms with Crippen LogP contribution in [0.25, 0.3) is 0 Å². The standard InChI is InChI=1S/C20H24N2O2/c1-14-10-15(2)12-18(11-14)20(23)22-19(16-5-8-24-9-6-16)17-4-3-7-21-13-17/h3-4,7,10-13,16,19H,5-6,8-9H2,1-2H3,(H,22,23). The molecule has 1 aromatic heterocycles. The van der Waals surface area contributed by atoms with Crippen LogP contribution >= 0.6 is 0 Å². The van der Waals surface area contributed by atoms with E-state index in [-0.39, 0.29) is 11.9 Å². The van der Waals surface area contributed by atoms with E-state index in [0.29, 0.717) is 11.5 Å². The quantitative estimate of drug-likeness (QED) is 0.935. The third kappa shape index (κ3) is 4.01. The van der Waals surface area contributed by atoms with Gasteiger partial charge in [0.05, 0.1) is 6.04 Å². The molecular weight excluding hydrogens is 300 g/mol. The summed E-state index contributed by atoms with van der Waals surface area (Å²) in [4.78, 5) is 17.0. The number of aryl methyl sites for hydroxylation is 2. The summed E-state index contributed by atoms with van der Waals surface area (Å²) >= 11 is 0. The van der Waals surface area contributed by atoms with Crippen molar-refractivity contribution in [3.05, 3.63) is 65.0 Å². The van der Waals surface area contributed by atoms with Crippen molar-refractivity contribution in [2.75, 3.05) is 13.2 Å². The molecule has 0 bridgehead atoms. The lowest BCUT2D eigenvalue weighted by Crippen LogP contribution is -2.36. The van der Waals surface area contributed by atoms with E-state index in [4.69, 9.17) is 4.74 Å². The summed E-state index contributed by atoms with van der Waals surface area (Å²) in [6.07, 6.45) is 5.51. The van der Waals surface area contributed by atoms with E-state index in [1.165, 1.54) is 0 Å². The zero-order valence-electron chi connectivity index (χ0n) is 14.3. The summed E-state index contributed by atoms with van der Waals surface area (Å²) in [5.74, 6) is 0.347. The Morgan fingerprint density at radius 2 is 1.92 bits per heavy atom. The highest BCUT2D eigenvalue weighted by molar-refractivity contribution is 5.94. The van der Waals surface area contributed by atoms with Crippen LogP contribution in [-0.4, -0.2) is 24.1 Å². The molecule has 0 aliphatic carbocycles. The maximum atomic E-state index is 12.8. The minimum Gasteiger partial charge on any atom is -0.381 e. The fourth-order valence-electron chi connectivity index (χ4n) is 3.41. The SMILES string of the molecule is Cc1cc(C)cc(C(=O)NC(c2cccnc2)C2CCOCC2)c1. The number of carbonyl (C=O) groups is 1. The number of ether oxygens (including phenoxy) is 1. The van der Waals surface area contributed by atoms with Gasteiger partial charge in [0.2, 0.25) is 0 Å². The normalized spacial score (nSPS) is 16.6. The molecule has 1 aliphatic heterocycles. The van der Waals surface area contributed by atoms with Crippen LogP contribution in [-0.2, 0) is 4.74 Å². The van der Waals surface area contributed by atoms with E-state index in [9.17, 15) is 4.79 Å². The molecule has 1 atom stereocenters. The number of aromatic nitrogens is 1. The minimum absolute atomic E-state index is 0.0258. The lowest BCUT2D eigenvalue weighted by molar-refractivity contribution is 0.0513. The number of benzene rings is 1. The van der Waals surface area contributed by atoms with Gasteiger partial charge in [-0.15, -0.1) is 0 Å². The van der Waals surface area contributed by atoms with Gasteiger partial charge in [0.1, 0.15) is 0 Å². The second-order valence-electron chi connectivity index (χ2n) is 6.56. The molecule has 0 saturated carbocycles. The van der Waals surface area contributed by atoms with E-state index >= 15 is 0 Å². The van der Waals surface area contributed by atoms with E-state index in [0.717, 1.165) is 42.7 Å². The first kappa shape index (κ1) is 16.7. The molecule has 3 rings (SSSR count). The van der Waals surface area contributed by atoms with Crippen molar-refractivity contribution in [2.45, 2.75) is 32.7 Å². The first-order valence-electron chi connectivity index (χ1n) is 8.50. The molecule has 1 aromatic carbocycles. The molecule has 1 N–H and O–H groups in total. The van der Waals surface area contributed by atoms with Crippen LogP contribution in [0.5, 0.6) is 0 Å². The van der Waals surface area contributed by atoms with E-state index in [2.05, 4.69) is 16.4 Å². The van der Waals surface area contributed by atoms with Gasteiger partial charge in [-0.2, -0.15) is 0 Å². The van der Waals surface area contributed by atoms with E-state index in [1.807, 2.05) is 44.3 Å². The fourth-order valence-corrected chi connectivity index (χ4v) is 3.41. The zero-order chi connectivity index (χ0) is 16.9. The number of nitrogens with one attached hydrogen (secondary N) is 1. The molecule has 1 unspecified atom stereocenters. The number of carbonyl (C=O) groups excluding carboxylic acids is 1. The Hall–Kier alpha value is -2.20. The van der Waals surface area contributed by atoms with Crippen LogP contribution in [0.3, 0.4) is 0 Å². The smallest absolute Gasteiger partial charge is 0.251 e. The van der Waals surface area contributed by atoms with Crippen LogP contribution in [0, 0.1) is 19.8 Å². The monoisotopic (exact) mass is 324 g/mol. The number of rotatable bonds is 4. The van der Waals surface area contributed by atoms with Crippen molar-refractivity contribution in [3.8, 4) is 0 Å². The molecular formula is C20H24N2O2. The third-order valence-corrected chi connectivity index (χ3v) is 4.55. The summed E-state index contributed by atoms with van der Waals surface area (Å²) in [5, 5.41) is 3.24. The Kier molecular flexibility index (Phi) is 5.26. The van der Waals surface area contributed by atoms with Crippen molar-refractivity contribution in [1.29, 1.82) is 0 Å². The molecule has 0 spiro atoms.